The van der Waals surface area contributed by atoms with Gasteiger partial charge in [-0.05, 0) is 18.5 Å². The van der Waals surface area contributed by atoms with E-state index in [1.807, 2.05) is 6.92 Å². The largest absolute Gasteiger partial charge is 0.344 e. The molecule has 1 aromatic carbocycles. The van der Waals surface area contributed by atoms with Gasteiger partial charge in [-0.3, -0.25) is 14.9 Å². The van der Waals surface area contributed by atoms with E-state index in [9.17, 15) is 14.9 Å². The van der Waals surface area contributed by atoms with Crippen LogP contribution in [-0.4, -0.2) is 22.4 Å². The van der Waals surface area contributed by atoms with Gasteiger partial charge in [-0.25, -0.2) is 4.98 Å². The fourth-order valence-corrected chi connectivity index (χ4v) is 2.96. The summed E-state index contributed by atoms with van der Waals surface area (Å²) in [5.41, 5.74) is 6.53. The molecule has 2 aromatic rings. The lowest BCUT2D eigenvalue weighted by atomic mass is 10.0. The predicted molar refractivity (Wildman–Crippen MR) is 95.7 cm³/mol. The highest BCUT2D eigenvalue weighted by molar-refractivity contribution is 7.09. The Morgan fingerprint density at radius 2 is 2.25 bits per heavy atom. The van der Waals surface area contributed by atoms with Crippen molar-refractivity contribution in [3.8, 4) is 0 Å². The van der Waals surface area contributed by atoms with Gasteiger partial charge in [0, 0.05) is 23.9 Å². The number of nitro benzene ring substituents is 1. The van der Waals surface area contributed by atoms with Crippen molar-refractivity contribution >= 4 is 35.3 Å². The lowest BCUT2D eigenvalue weighted by molar-refractivity contribution is -0.384. The first-order valence-electron chi connectivity index (χ1n) is 7.24. The Balaban J connectivity index is 0.00000288. The van der Waals surface area contributed by atoms with Crippen molar-refractivity contribution in [2.24, 2.45) is 5.73 Å². The van der Waals surface area contributed by atoms with Crippen molar-refractivity contribution in [2.75, 3.05) is 6.54 Å². The van der Waals surface area contributed by atoms with Crippen LogP contribution in [0.4, 0.5) is 5.69 Å². The molecule has 0 radical (unpaired) electrons. The average molecular weight is 371 g/mol. The fraction of sp³-hybridized carbons (Fsp3) is 0.333. The van der Waals surface area contributed by atoms with E-state index in [1.165, 1.54) is 23.5 Å². The first-order valence-corrected chi connectivity index (χ1v) is 8.12. The molecule has 0 aliphatic carbocycles. The van der Waals surface area contributed by atoms with Crippen LogP contribution in [0, 0.1) is 10.1 Å². The second kappa shape index (κ2) is 9.31. The van der Waals surface area contributed by atoms with Crippen LogP contribution in [0.1, 0.15) is 40.4 Å². The maximum atomic E-state index is 12.3. The smallest absolute Gasteiger partial charge is 0.271 e. The minimum absolute atomic E-state index is 0. The quantitative estimate of drug-likeness (QED) is 0.575. The monoisotopic (exact) mass is 370 g/mol. The summed E-state index contributed by atoms with van der Waals surface area (Å²) in [6, 6.07) is 5.99. The molecule has 1 amide bonds. The van der Waals surface area contributed by atoms with Gasteiger partial charge in [-0.2, -0.15) is 0 Å². The molecule has 0 spiro atoms. The Morgan fingerprint density at radius 1 is 1.50 bits per heavy atom. The van der Waals surface area contributed by atoms with E-state index in [1.54, 1.807) is 17.5 Å². The lowest BCUT2D eigenvalue weighted by Gasteiger charge is -2.16. The minimum Gasteiger partial charge on any atom is -0.344 e. The number of hydrogen-bond acceptors (Lipinski definition) is 6. The van der Waals surface area contributed by atoms with E-state index in [0.717, 1.165) is 5.01 Å². The highest BCUT2D eigenvalue weighted by atomic mass is 35.5. The fourth-order valence-electron chi connectivity index (χ4n) is 2.16. The van der Waals surface area contributed by atoms with Gasteiger partial charge in [0.2, 0.25) is 0 Å². The molecule has 3 N–H and O–H groups in total. The molecule has 1 heterocycles. The zero-order valence-electron chi connectivity index (χ0n) is 13.1. The van der Waals surface area contributed by atoms with Gasteiger partial charge in [0.05, 0.1) is 16.0 Å². The highest BCUT2D eigenvalue weighted by Crippen LogP contribution is 2.22. The van der Waals surface area contributed by atoms with E-state index in [2.05, 4.69) is 10.3 Å². The number of aromatic nitrogens is 1. The van der Waals surface area contributed by atoms with Crippen LogP contribution in [0.5, 0.6) is 0 Å². The Kier molecular flexibility index (Phi) is 7.76. The van der Waals surface area contributed by atoms with E-state index >= 15 is 0 Å². The van der Waals surface area contributed by atoms with Crippen LogP contribution in [0.2, 0.25) is 0 Å². The molecule has 7 nitrogen and oxygen atoms in total. The number of nitro groups is 1. The molecule has 0 saturated heterocycles. The number of benzene rings is 1. The molecule has 1 aromatic heterocycles. The molecule has 130 valence electrons. The van der Waals surface area contributed by atoms with E-state index in [4.69, 9.17) is 5.73 Å². The second-order valence-electron chi connectivity index (χ2n) is 4.95. The minimum atomic E-state index is -0.447. The van der Waals surface area contributed by atoms with Gasteiger partial charge in [0.15, 0.2) is 0 Å². The molecule has 9 heteroatoms. The van der Waals surface area contributed by atoms with Crippen LogP contribution >= 0.6 is 23.7 Å². The van der Waals surface area contributed by atoms with Crippen molar-refractivity contribution in [2.45, 2.75) is 25.8 Å². The highest BCUT2D eigenvalue weighted by Gasteiger charge is 2.18. The number of nitrogens with two attached hydrogens (primary N) is 1. The number of non-ortho nitro benzene ring substituents is 1. The van der Waals surface area contributed by atoms with E-state index < -0.39 is 4.92 Å². The predicted octanol–water partition coefficient (Wildman–Crippen LogP) is 2.86. The first kappa shape index (κ1) is 20.0. The number of amides is 1. The SMILES string of the molecule is CCC(NC(=O)c1csc(CCN)n1)c1cccc([N+](=O)[O-])c1.Cl. The van der Waals surface area contributed by atoms with Gasteiger partial charge in [-0.1, -0.05) is 19.1 Å². The summed E-state index contributed by atoms with van der Waals surface area (Å²) < 4.78 is 0. The number of thiazole rings is 1. The normalized spacial score (nSPS) is 11.4. The molecule has 1 atom stereocenters. The number of rotatable bonds is 7. The van der Waals surface area contributed by atoms with Crippen molar-refractivity contribution in [1.82, 2.24) is 10.3 Å². The molecule has 0 aliphatic rings. The van der Waals surface area contributed by atoms with Crippen LogP contribution in [-0.2, 0) is 6.42 Å². The molecule has 0 saturated carbocycles. The standard InChI is InChI=1S/C15H18N4O3S.ClH/c1-2-12(10-4-3-5-11(8-10)19(21)22)18-15(20)13-9-23-14(17-13)6-7-16;/h3-5,8-9,12H,2,6-7,16H2,1H3,(H,18,20);1H. The topological polar surface area (TPSA) is 111 Å². The zero-order chi connectivity index (χ0) is 16.8. The summed E-state index contributed by atoms with van der Waals surface area (Å²) in [6.07, 6.45) is 1.26. The third-order valence-corrected chi connectivity index (χ3v) is 4.25. The molecule has 0 fully saturated rings. The molecule has 0 bridgehead atoms. The van der Waals surface area contributed by atoms with E-state index in [0.29, 0.717) is 30.6 Å². The number of hydrogen-bond donors (Lipinski definition) is 2. The summed E-state index contributed by atoms with van der Waals surface area (Å²) >= 11 is 1.40. The van der Waals surface area contributed by atoms with Crippen molar-refractivity contribution in [3.63, 3.8) is 0 Å². The van der Waals surface area contributed by atoms with Gasteiger partial charge in [0.25, 0.3) is 11.6 Å². The van der Waals surface area contributed by atoms with Gasteiger partial charge < -0.3 is 11.1 Å². The van der Waals surface area contributed by atoms with Crippen LogP contribution < -0.4 is 11.1 Å². The number of nitrogens with one attached hydrogen (secondary N) is 1. The number of carbonyl (C=O) groups is 1. The van der Waals surface area contributed by atoms with Gasteiger partial charge in [0.1, 0.15) is 5.69 Å². The molecule has 2 rings (SSSR count). The van der Waals surface area contributed by atoms with Crippen molar-refractivity contribution < 1.29 is 9.72 Å². The molecular weight excluding hydrogens is 352 g/mol. The Hall–Kier alpha value is -2.03. The summed E-state index contributed by atoms with van der Waals surface area (Å²) in [7, 11) is 0. The summed E-state index contributed by atoms with van der Waals surface area (Å²) in [5.74, 6) is -0.289. The van der Waals surface area contributed by atoms with Crippen LogP contribution in [0.3, 0.4) is 0 Å². The van der Waals surface area contributed by atoms with E-state index in [-0.39, 0.29) is 30.0 Å². The second-order valence-corrected chi connectivity index (χ2v) is 5.89. The lowest BCUT2D eigenvalue weighted by Crippen LogP contribution is -2.28. The Morgan fingerprint density at radius 3 is 2.88 bits per heavy atom. The maximum Gasteiger partial charge on any atom is 0.271 e. The van der Waals surface area contributed by atoms with Crippen LogP contribution in [0.25, 0.3) is 0 Å². The zero-order valence-corrected chi connectivity index (χ0v) is 14.7. The number of carbonyl (C=O) groups excluding carboxylic acids is 1. The number of halogens is 1. The van der Waals surface area contributed by atoms with Gasteiger partial charge >= 0.3 is 0 Å². The maximum absolute atomic E-state index is 12.3. The Bertz CT molecular complexity index is 708. The summed E-state index contributed by atoms with van der Waals surface area (Å²) in [4.78, 5) is 27.0. The summed E-state index contributed by atoms with van der Waals surface area (Å²) in [5, 5.41) is 16.3. The third kappa shape index (κ3) is 4.98. The molecule has 24 heavy (non-hydrogen) atoms. The van der Waals surface area contributed by atoms with Crippen molar-refractivity contribution in [1.29, 1.82) is 0 Å². The molecule has 1 unspecified atom stereocenters. The third-order valence-electron chi connectivity index (χ3n) is 3.34. The Labute approximate surface area is 149 Å². The first-order chi connectivity index (χ1) is 11.0. The number of nitrogens with zero attached hydrogens (tertiary/aromatic N) is 2. The van der Waals surface area contributed by atoms with Crippen molar-refractivity contribution in [3.05, 3.63) is 56.0 Å². The molecular formula is C15H19ClN4O3S. The van der Waals surface area contributed by atoms with Crippen LogP contribution in [0.15, 0.2) is 29.6 Å². The van der Waals surface area contributed by atoms with Gasteiger partial charge in [-0.15, -0.1) is 23.7 Å². The molecule has 0 aliphatic heterocycles. The summed E-state index contributed by atoms with van der Waals surface area (Å²) in [6.45, 7) is 2.39. The average Bonchev–Trinajstić information content (AvgIpc) is 3.01.